The second-order valence-corrected chi connectivity index (χ2v) is 6.14. The number of aromatic nitrogens is 2. The molecule has 0 bridgehead atoms. The zero-order valence-corrected chi connectivity index (χ0v) is 15.0. The van der Waals surface area contributed by atoms with Crippen LogP contribution in [0.15, 0.2) is 59.7 Å². The molecule has 0 radical (unpaired) electrons. The van der Waals surface area contributed by atoms with Crippen molar-refractivity contribution in [2.75, 3.05) is 5.32 Å². The number of rotatable bonds is 5. The molecule has 0 spiro atoms. The Kier molecular flexibility index (Phi) is 5.52. The van der Waals surface area contributed by atoms with Gasteiger partial charge < -0.3 is 14.6 Å². The van der Waals surface area contributed by atoms with Gasteiger partial charge in [-0.25, -0.2) is 4.39 Å². The van der Waals surface area contributed by atoms with Crippen LogP contribution in [0.4, 0.5) is 10.1 Å². The van der Waals surface area contributed by atoms with E-state index in [-0.39, 0.29) is 22.9 Å². The minimum absolute atomic E-state index is 0.0175. The molecule has 0 fully saturated rings. The maximum absolute atomic E-state index is 13.1. The van der Waals surface area contributed by atoms with Crippen LogP contribution in [0.5, 0.6) is 5.75 Å². The van der Waals surface area contributed by atoms with Crippen molar-refractivity contribution in [3.05, 3.63) is 87.3 Å². The zero-order valence-electron chi connectivity index (χ0n) is 14.3. The summed E-state index contributed by atoms with van der Waals surface area (Å²) >= 11 is 5.71. The van der Waals surface area contributed by atoms with E-state index in [9.17, 15) is 14.0 Å². The SMILES string of the molecule is Cn1cc(NC(=O)c2ccc(COc3ccc(F)c(Cl)c3)cn2)ccc1=O. The molecular weight excluding hydrogens is 373 g/mol. The van der Waals surface area contributed by atoms with Crippen molar-refractivity contribution in [3.63, 3.8) is 0 Å². The van der Waals surface area contributed by atoms with Crippen molar-refractivity contribution in [2.24, 2.45) is 7.05 Å². The number of carbonyl (C=O) groups is 1. The molecule has 27 heavy (non-hydrogen) atoms. The Morgan fingerprint density at radius 1 is 1.26 bits per heavy atom. The first-order valence-corrected chi connectivity index (χ1v) is 8.31. The quantitative estimate of drug-likeness (QED) is 0.728. The van der Waals surface area contributed by atoms with Gasteiger partial charge in [0, 0.05) is 37.1 Å². The lowest BCUT2D eigenvalue weighted by atomic mass is 10.2. The van der Waals surface area contributed by atoms with Crippen molar-refractivity contribution in [2.45, 2.75) is 6.61 Å². The highest BCUT2D eigenvalue weighted by molar-refractivity contribution is 6.30. The lowest BCUT2D eigenvalue weighted by molar-refractivity contribution is 0.102. The van der Waals surface area contributed by atoms with Crippen LogP contribution in [0.25, 0.3) is 0 Å². The summed E-state index contributed by atoms with van der Waals surface area (Å²) < 4.78 is 20.0. The number of benzene rings is 1. The van der Waals surface area contributed by atoms with Crippen LogP contribution in [-0.4, -0.2) is 15.5 Å². The molecule has 3 aromatic rings. The van der Waals surface area contributed by atoms with Crippen molar-refractivity contribution in [1.29, 1.82) is 0 Å². The number of amides is 1. The monoisotopic (exact) mass is 387 g/mol. The van der Waals surface area contributed by atoms with Gasteiger partial charge >= 0.3 is 0 Å². The van der Waals surface area contributed by atoms with Crippen LogP contribution in [-0.2, 0) is 13.7 Å². The number of carbonyl (C=O) groups excluding carboxylic acids is 1. The summed E-state index contributed by atoms with van der Waals surface area (Å²) in [6.07, 6.45) is 3.04. The molecule has 1 N–H and O–H groups in total. The number of pyridine rings is 2. The summed E-state index contributed by atoms with van der Waals surface area (Å²) in [6.45, 7) is 0.192. The molecule has 0 atom stereocenters. The Morgan fingerprint density at radius 2 is 2.07 bits per heavy atom. The summed E-state index contributed by atoms with van der Waals surface area (Å²) in [7, 11) is 1.60. The van der Waals surface area contributed by atoms with Crippen LogP contribution in [0.2, 0.25) is 5.02 Å². The van der Waals surface area contributed by atoms with Gasteiger partial charge in [0.05, 0.1) is 10.7 Å². The fourth-order valence-corrected chi connectivity index (χ4v) is 2.41. The lowest BCUT2D eigenvalue weighted by Gasteiger charge is -2.08. The summed E-state index contributed by atoms with van der Waals surface area (Å²) in [6, 6.07) is 10.2. The standard InChI is InChI=1S/C19H15ClFN3O3/c1-24-10-13(3-7-18(24)25)23-19(26)17-6-2-12(9-22-17)11-27-14-4-5-16(21)15(20)8-14/h2-10H,11H2,1H3,(H,23,26). The number of anilines is 1. The van der Waals surface area contributed by atoms with E-state index in [2.05, 4.69) is 10.3 Å². The Bertz CT molecular complexity index is 1040. The third-order valence-electron chi connectivity index (χ3n) is 3.70. The number of halogens is 2. The minimum Gasteiger partial charge on any atom is -0.489 e. The molecular formula is C19H15ClFN3O3. The molecule has 2 aromatic heterocycles. The molecule has 138 valence electrons. The number of hydrogen-bond donors (Lipinski definition) is 1. The molecule has 1 aromatic carbocycles. The van der Waals surface area contributed by atoms with Crippen molar-refractivity contribution >= 4 is 23.2 Å². The van der Waals surface area contributed by atoms with Gasteiger partial charge in [-0.15, -0.1) is 0 Å². The van der Waals surface area contributed by atoms with Crippen LogP contribution in [0.3, 0.4) is 0 Å². The third-order valence-corrected chi connectivity index (χ3v) is 3.99. The predicted molar refractivity (Wildman–Crippen MR) is 99.6 cm³/mol. The molecule has 0 saturated carbocycles. The first-order valence-electron chi connectivity index (χ1n) is 7.93. The van der Waals surface area contributed by atoms with Crippen LogP contribution < -0.4 is 15.6 Å². The molecule has 0 aliphatic carbocycles. The van der Waals surface area contributed by atoms with E-state index in [1.807, 2.05) is 0 Å². The van der Waals surface area contributed by atoms with Gasteiger partial charge in [-0.3, -0.25) is 14.6 Å². The largest absolute Gasteiger partial charge is 0.489 e. The molecule has 2 heterocycles. The summed E-state index contributed by atoms with van der Waals surface area (Å²) in [5.41, 5.74) is 1.27. The van der Waals surface area contributed by atoms with Gasteiger partial charge in [0.15, 0.2) is 0 Å². The fraction of sp³-hybridized carbons (Fsp3) is 0.105. The molecule has 0 aliphatic rings. The first-order chi connectivity index (χ1) is 12.9. The highest BCUT2D eigenvalue weighted by Gasteiger charge is 2.09. The molecule has 0 saturated heterocycles. The van der Waals surface area contributed by atoms with Crippen LogP contribution in [0.1, 0.15) is 16.1 Å². The Morgan fingerprint density at radius 3 is 2.74 bits per heavy atom. The highest BCUT2D eigenvalue weighted by Crippen LogP contribution is 2.21. The summed E-state index contributed by atoms with van der Waals surface area (Å²) in [5.74, 6) is -0.483. The van der Waals surface area contributed by atoms with Gasteiger partial charge in [-0.05, 0) is 24.3 Å². The molecule has 1 amide bonds. The second kappa shape index (κ2) is 8.01. The van der Waals surface area contributed by atoms with Gasteiger partial charge in [-0.1, -0.05) is 17.7 Å². The Hall–Kier alpha value is -3.19. The van der Waals surface area contributed by atoms with E-state index in [1.54, 1.807) is 19.2 Å². The second-order valence-electron chi connectivity index (χ2n) is 5.74. The Labute approximate surface area is 159 Å². The smallest absolute Gasteiger partial charge is 0.274 e. The molecule has 3 rings (SSSR count). The number of ether oxygens (including phenoxy) is 1. The topological polar surface area (TPSA) is 73.2 Å². The first kappa shape index (κ1) is 18.6. The third kappa shape index (κ3) is 4.71. The Balaban J connectivity index is 1.62. The van der Waals surface area contributed by atoms with E-state index in [0.29, 0.717) is 11.4 Å². The van der Waals surface area contributed by atoms with Gasteiger partial charge in [-0.2, -0.15) is 0 Å². The average Bonchev–Trinajstić information content (AvgIpc) is 2.66. The van der Waals surface area contributed by atoms with E-state index < -0.39 is 11.7 Å². The van der Waals surface area contributed by atoms with Gasteiger partial charge in [0.2, 0.25) is 5.56 Å². The van der Waals surface area contributed by atoms with E-state index in [1.165, 1.54) is 47.3 Å². The number of nitrogens with zero attached hydrogens (tertiary/aromatic N) is 2. The van der Waals surface area contributed by atoms with Gasteiger partial charge in [0.25, 0.3) is 5.91 Å². The van der Waals surface area contributed by atoms with Crippen molar-refractivity contribution < 1.29 is 13.9 Å². The number of hydrogen-bond acceptors (Lipinski definition) is 4. The minimum atomic E-state index is -0.514. The predicted octanol–water partition coefficient (Wildman–Crippen LogP) is 3.40. The molecule has 0 unspecified atom stereocenters. The van der Waals surface area contributed by atoms with E-state index in [0.717, 1.165) is 5.56 Å². The summed E-state index contributed by atoms with van der Waals surface area (Å²) in [4.78, 5) is 27.7. The molecule has 8 heteroatoms. The van der Waals surface area contributed by atoms with E-state index >= 15 is 0 Å². The zero-order chi connectivity index (χ0) is 19.4. The average molecular weight is 388 g/mol. The number of nitrogens with one attached hydrogen (secondary N) is 1. The van der Waals surface area contributed by atoms with Crippen molar-refractivity contribution in [1.82, 2.24) is 9.55 Å². The fourth-order valence-electron chi connectivity index (χ4n) is 2.24. The number of aryl methyl sites for hydroxylation is 1. The lowest BCUT2D eigenvalue weighted by Crippen LogP contribution is -2.18. The molecule has 0 aliphatic heterocycles. The van der Waals surface area contributed by atoms with Crippen molar-refractivity contribution in [3.8, 4) is 5.75 Å². The van der Waals surface area contributed by atoms with Crippen LogP contribution >= 0.6 is 11.6 Å². The normalized spacial score (nSPS) is 10.5. The summed E-state index contributed by atoms with van der Waals surface area (Å²) in [5, 5.41) is 2.65. The van der Waals surface area contributed by atoms with Crippen LogP contribution in [0, 0.1) is 5.82 Å². The van der Waals surface area contributed by atoms with E-state index in [4.69, 9.17) is 16.3 Å². The van der Waals surface area contributed by atoms with Gasteiger partial charge in [0.1, 0.15) is 23.9 Å². The maximum Gasteiger partial charge on any atom is 0.274 e. The maximum atomic E-state index is 13.1. The highest BCUT2D eigenvalue weighted by atomic mass is 35.5. The molecule has 6 nitrogen and oxygen atoms in total.